The largest absolute Gasteiger partial charge is 0.369 e. The molecule has 0 aromatic heterocycles. The highest BCUT2D eigenvalue weighted by Crippen LogP contribution is 2.24. The topological polar surface area (TPSA) is 61.4 Å². The average molecular weight is 438 g/mol. The van der Waals surface area contributed by atoms with E-state index in [9.17, 15) is 14.0 Å². The monoisotopic (exact) mass is 437 g/mol. The summed E-state index contributed by atoms with van der Waals surface area (Å²) in [5, 5.41) is 6.41. The zero-order chi connectivity index (χ0) is 20.8. The van der Waals surface area contributed by atoms with Crippen LogP contribution in [0.1, 0.15) is 18.4 Å². The summed E-state index contributed by atoms with van der Waals surface area (Å²) in [7, 11) is 0. The second kappa shape index (κ2) is 9.94. The molecule has 5 nitrogen and oxygen atoms in total. The van der Waals surface area contributed by atoms with E-state index in [1.165, 1.54) is 12.1 Å². The van der Waals surface area contributed by atoms with Crippen molar-refractivity contribution in [2.45, 2.75) is 31.3 Å². The van der Waals surface area contributed by atoms with Crippen LogP contribution in [0, 0.1) is 5.82 Å². The maximum atomic E-state index is 13.5. The molecule has 2 N–H and O–H groups in total. The van der Waals surface area contributed by atoms with E-state index in [0.29, 0.717) is 29.4 Å². The normalized spacial score (nSPS) is 17.5. The van der Waals surface area contributed by atoms with Crippen molar-refractivity contribution in [2.24, 2.45) is 0 Å². The Kier molecular flexibility index (Phi) is 7.34. The summed E-state index contributed by atoms with van der Waals surface area (Å²) in [6, 6.07) is 10.7. The maximum absolute atomic E-state index is 13.5. The number of benzene rings is 2. The van der Waals surface area contributed by atoms with Gasteiger partial charge in [-0.15, -0.1) is 0 Å². The van der Waals surface area contributed by atoms with Gasteiger partial charge in [0.25, 0.3) is 0 Å². The van der Waals surface area contributed by atoms with Crippen LogP contribution in [0.25, 0.3) is 0 Å². The van der Waals surface area contributed by atoms with E-state index < -0.39 is 6.04 Å². The van der Waals surface area contributed by atoms with Gasteiger partial charge in [0.1, 0.15) is 11.9 Å². The Bertz CT molecular complexity index is 881. The highest BCUT2D eigenvalue weighted by Gasteiger charge is 2.25. The SMILES string of the molecule is O=CN[C@H](Cc1ccc(Cl)c(Cl)c1)C(=O)N[C@@H]1CCCN(c2cccc(F)c2)C1. The van der Waals surface area contributed by atoms with Crippen molar-refractivity contribution in [1.82, 2.24) is 10.6 Å². The number of halogens is 3. The molecule has 0 bridgehead atoms. The highest BCUT2D eigenvalue weighted by atomic mass is 35.5. The Morgan fingerprint density at radius 1 is 1.24 bits per heavy atom. The number of rotatable bonds is 7. The smallest absolute Gasteiger partial charge is 0.243 e. The number of carbonyl (C=O) groups is 2. The molecule has 2 aromatic rings. The lowest BCUT2D eigenvalue weighted by Gasteiger charge is -2.35. The minimum atomic E-state index is -0.728. The van der Waals surface area contributed by atoms with Gasteiger partial charge in [0.15, 0.2) is 0 Å². The van der Waals surface area contributed by atoms with E-state index in [0.717, 1.165) is 30.6 Å². The maximum Gasteiger partial charge on any atom is 0.243 e. The standard InChI is InChI=1S/C21H22Cl2FN3O2/c22-18-7-6-14(9-19(18)23)10-20(25-13-28)21(29)26-16-4-2-8-27(12-16)17-5-1-3-15(24)11-17/h1,3,5-7,9,11,13,16,20H,2,4,8,10,12H2,(H,25,28)(H,26,29)/t16-,20-/m1/s1. The fourth-order valence-corrected chi connectivity index (χ4v) is 3.84. The molecule has 0 aliphatic carbocycles. The fraction of sp³-hybridized carbons (Fsp3) is 0.333. The van der Waals surface area contributed by atoms with Crippen molar-refractivity contribution in [2.75, 3.05) is 18.0 Å². The Balaban J connectivity index is 1.64. The quantitative estimate of drug-likeness (QED) is 0.650. The third-order valence-electron chi connectivity index (χ3n) is 4.95. The predicted octanol–water partition coefficient (Wildman–Crippen LogP) is 3.57. The van der Waals surface area contributed by atoms with E-state index >= 15 is 0 Å². The minimum Gasteiger partial charge on any atom is -0.369 e. The number of nitrogens with zero attached hydrogens (tertiary/aromatic N) is 1. The second-order valence-corrected chi connectivity index (χ2v) is 7.88. The number of hydrogen-bond donors (Lipinski definition) is 2. The van der Waals surface area contributed by atoms with Gasteiger partial charge < -0.3 is 15.5 Å². The number of hydrogen-bond acceptors (Lipinski definition) is 3. The molecular formula is C21H22Cl2FN3O2. The molecule has 1 aliphatic rings. The van der Waals surface area contributed by atoms with Gasteiger partial charge in [-0.2, -0.15) is 0 Å². The van der Waals surface area contributed by atoms with Crippen molar-refractivity contribution >= 4 is 41.2 Å². The van der Waals surface area contributed by atoms with Crippen molar-refractivity contribution in [3.05, 3.63) is 63.9 Å². The van der Waals surface area contributed by atoms with Gasteiger partial charge in [0.2, 0.25) is 12.3 Å². The Labute approximate surface area is 179 Å². The van der Waals surface area contributed by atoms with Crippen LogP contribution in [-0.2, 0) is 16.0 Å². The molecule has 2 aromatic carbocycles. The molecule has 3 rings (SSSR count). The lowest BCUT2D eigenvalue weighted by molar-refractivity contribution is -0.126. The lowest BCUT2D eigenvalue weighted by Crippen LogP contribution is -2.53. The highest BCUT2D eigenvalue weighted by molar-refractivity contribution is 6.42. The molecule has 154 valence electrons. The first-order chi connectivity index (χ1) is 14.0. The Morgan fingerprint density at radius 3 is 2.79 bits per heavy atom. The van der Waals surface area contributed by atoms with Crippen LogP contribution in [0.5, 0.6) is 0 Å². The third-order valence-corrected chi connectivity index (χ3v) is 5.69. The van der Waals surface area contributed by atoms with Gasteiger partial charge in [0.05, 0.1) is 10.0 Å². The molecule has 1 heterocycles. The number of piperidine rings is 1. The van der Waals surface area contributed by atoms with Gasteiger partial charge in [-0.1, -0.05) is 35.3 Å². The molecule has 2 atom stereocenters. The van der Waals surface area contributed by atoms with Gasteiger partial charge in [-0.05, 0) is 48.7 Å². The second-order valence-electron chi connectivity index (χ2n) is 7.06. The van der Waals surface area contributed by atoms with Crippen LogP contribution in [-0.4, -0.2) is 37.5 Å². The summed E-state index contributed by atoms with van der Waals surface area (Å²) in [4.78, 5) is 25.8. The minimum absolute atomic E-state index is 0.0933. The van der Waals surface area contributed by atoms with E-state index in [-0.39, 0.29) is 17.8 Å². The summed E-state index contributed by atoms with van der Waals surface area (Å²) in [5.41, 5.74) is 1.58. The van der Waals surface area contributed by atoms with Gasteiger partial charge in [0, 0.05) is 31.2 Å². The molecule has 0 spiro atoms. The third kappa shape index (κ3) is 5.84. The zero-order valence-corrected chi connectivity index (χ0v) is 17.2. The molecule has 0 unspecified atom stereocenters. The summed E-state index contributed by atoms with van der Waals surface area (Å²) in [6.07, 6.45) is 2.50. The van der Waals surface area contributed by atoms with E-state index in [2.05, 4.69) is 15.5 Å². The Hall–Kier alpha value is -2.31. The molecule has 29 heavy (non-hydrogen) atoms. The van der Waals surface area contributed by atoms with E-state index in [1.54, 1.807) is 24.3 Å². The first-order valence-electron chi connectivity index (χ1n) is 9.41. The molecule has 0 radical (unpaired) electrons. The number of nitrogens with one attached hydrogen (secondary N) is 2. The van der Waals surface area contributed by atoms with Crippen LogP contribution in [0.15, 0.2) is 42.5 Å². The molecule has 1 saturated heterocycles. The summed E-state index contributed by atoms with van der Waals surface area (Å²) in [5.74, 6) is -0.556. The van der Waals surface area contributed by atoms with Crippen molar-refractivity contribution in [3.63, 3.8) is 0 Å². The lowest BCUT2D eigenvalue weighted by atomic mass is 10.0. The molecule has 8 heteroatoms. The van der Waals surface area contributed by atoms with Crippen LogP contribution in [0.2, 0.25) is 10.0 Å². The van der Waals surface area contributed by atoms with E-state index in [4.69, 9.17) is 23.2 Å². The first kappa shape index (κ1) is 21.4. The molecule has 1 fully saturated rings. The summed E-state index contributed by atoms with van der Waals surface area (Å²) in [6.45, 7) is 1.38. The van der Waals surface area contributed by atoms with Gasteiger partial charge in [-0.3, -0.25) is 9.59 Å². The molecule has 0 saturated carbocycles. The van der Waals surface area contributed by atoms with Crippen molar-refractivity contribution in [3.8, 4) is 0 Å². The van der Waals surface area contributed by atoms with Gasteiger partial charge >= 0.3 is 0 Å². The summed E-state index contributed by atoms with van der Waals surface area (Å²) >= 11 is 12.0. The first-order valence-corrected chi connectivity index (χ1v) is 10.2. The van der Waals surface area contributed by atoms with Crippen LogP contribution < -0.4 is 15.5 Å². The summed E-state index contributed by atoms with van der Waals surface area (Å²) < 4.78 is 13.5. The predicted molar refractivity (Wildman–Crippen MR) is 113 cm³/mol. The fourth-order valence-electron chi connectivity index (χ4n) is 3.52. The van der Waals surface area contributed by atoms with E-state index in [1.807, 2.05) is 6.07 Å². The number of anilines is 1. The molecule has 2 amide bonds. The van der Waals surface area contributed by atoms with Crippen LogP contribution >= 0.6 is 23.2 Å². The molecule has 1 aliphatic heterocycles. The van der Waals surface area contributed by atoms with Crippen LogP contribution in [0.3, 0.4) is 0 Å². The Morgan fingerprint density at radius 2 is 2.07 bits per heavy atom. The molecular weight excluding hydrogens is 416 g/mol. The van der Waals surface area contributed by atoms with Gasteiger partial charge in [-0.25, -0.2) is 4.39 Å². The number of amides is 2. The van der Waals surface area contributed by atoms with Crippen molar-refractivity contribution in [1.29, 1.82) is 0 Å². The number of carbonyl (C=O) groups excluding carboxylic acids is 2. The van der Waals surface area contributed by atoms with Crippen LogP contribution in [0.4, 0.5) is 10.1 Å². The average Bonchev–Trinajstić information content (AvgIpc) is 2.70. The zero-order valence-electron chi connectivity index (χ0n) is 15.7. The van der Waals surface area contributed by atoms with Crippen molar-refractivity contribution < 1.29 is 14.0 Å².